The molecule has 1 N–H and O–H groups in total. The van der Waals surface area contributed by atoms with Crippen molar-refractivity contribution in [2.45, 2.75) is 0 Å². The van der Waals surface area contributed by atoms with Gasteiger partial charge in [0, 0.05) is 11.8 Å². The van der Waals surface area contributed by atoms with Crippen molar-refractivity contribution in [1.29, 1.82) is 0 Å². The van der Waals surface area contributed by atoms with Gasteiger partial charge >= 0.3 is 5.97 Å². The molecule has 0 fully saturated rings. The Labute approximate surface area is 154 Å². The van der Waals surface area contributed by atoms with Gasteiger partial charge in [0.1, 0.15) is 6.61 Å². The van der Waals surface area contributed by atoms with E-state index >= 15 is 0 Å². The first-order valence-electron chi connectivity index (χ1n) is 7.78. The van der Waals surface area contributed by atoms with Crippen molar-refractivity contribution in [1.82, 2.24) is 0 Å². The van der Waals surface area contributed by atoms with E-state index in [9.17, 15) is 18.4 Å². The first kappa shape index (κ1) is 19.9. The number of halogens is 2. The summed E-state index contributed by atoms with van der Waals surface area (Å²) >= 11 is 0. The van der Waals surface area contributed by atoms with Gasteiger partial charge in [-0.3, -0.25) is 4.79 Å². The van der Waals surface area contributed by atoms with E-state index in [2.05, 4.69) is 11.9 Å². The van der Waals surface area contributed by atoms with E-state index in [1.807, 2.05) is 0 Å². The van der Waals surface area contributed by atoms with E-state index in [0.29, 0.717) is 11.5 Å². The zero-order chi connectivity index (χ0) is 19.8. The van der Waals surface area contributed by atoms with Gasteiger partial charge in [-0.15, -0.1) is 0 Å². The fraction of sp³-hybridized carbons (Fsp3) is 0.158. The standard InChI is InChI=1S/C19H17F2NO5/c1-3-8-26-16-7-4-12(9-17(16)25-2)19(24)27-11-18(23)22-13-5-6-14(20)15(21)10-13/h3-7,9-10H,1,8,11H2,2H3,(H,22,23). The van der Waals surface area contributed by atoms with Crippen molar-refractivity contribution in [3.05, 3.63) is 66.3 Å². The van der Waals surface area contributed by atoms with Crippen LogP contribution in [0.4, 0.5) is 14.5 Å². The van der Waals surface area contributed by atoms with E-state index in [1.54, 1.807) is 6.08 Å². The smallest absolute Gasteiger partial charge is 0.338 e. The zero-order valence-corrected chi connectivity index (χ0v) is 14.5. The second-order valence-electron chi connectivity index (χ2n) is 5.22. The summed E-state index contributed by atoms with van der Waals surface area (Å²) in [6, 6.07) is 7.27. The molecule has 0 unspecified atom stereocenters. The largest absolute Gasteiger partial charge is 0.493 e. The minimum Gasteiger partial charge on any atom is -0.493 e. The third-order valence-corrected chi connectivity index (χ3v) is 3.29. The maximum absolute atomic E-state index is 13.1. The van der Waals surface area contributed by atoms with Gasteiger partial charge in [0.05, 0.1) is 12.7 Å². The SMILES string of the molecule is C=CCOc1ccc(C(=O)OCC(=O)Nc2ccc(F)c(F)c2)cc1OC. The Kier molecular flexibility index (Phi) is 6.87. The second kappa shape index (κ2) is 9.33. The van der Waals surface area contributed by atoms with Crippen LogP contribution in [0.3, 0.4) is 0 Å². The summed E-state index contributed by atoms with van der Waals surface area (Å²) < 4.78 is 41.4. The van der Waals surface area contributed by atoms with Gasteiger partial charge in [0.15, 0.2) is 29.7 Å². The summed E-state index contributed by atoms with van der Waals surface area (Å²) in [5.74, 6) is -2.86. The molecule has 2 aromatic carbocycles. The number of hydrogen-bond donors (Lipinski definition) is 1. The lowest BCUT2D eigenvalue weighted by atomic mass is 10.2. The predicted octanol–water partition coefficient (Wildman–Crippen LogP) is 3.33. The van der Waals surface area contributed by atoms with Crippen LogP contribution in [0, 0.1) is 11.6 Å². The molecule has 2 rings (SSSR count). The Morgan fingerprint density at radius 3 is 2.56 bits per heavy atom. The first-order valence-corrected chi connectivity index (χ1v) is 7.78. The number of esters is 1. The molecule has 8 heteroatoms. The van der Waals surface area contributed by atoms with Gasteiger partial charge in [-0.1, -0.05) is 12.7 Å². The normalized spacial score (nSPS) is 10.0. The van der Waals surface area contributed by atoms with Gasteiger partial charge in [0.25, 0.3) is 5.91 Å². The summed E-state index contributed by atoms with van der Waals surface area (Å²) in [7, 11) is 1.42. The molecule has 0 saturated heterocycles. The maximum atomic E-state index is 13.1. The van der Waals surface area contributed by atoms with Crippen molar-refractivity contribution < 1.29 is 32.6 Å². The highest BCUT2D eigenvalue weighted by Crippen LogP contribution is 2.28. The molecule has 0 bridgehead atoms. The molecule has 27 heavy (non-hydrogen) atoms. The number of hydrogen-bond acceptors (Lipinski definition) is 5. The van der Waals surface area contributed by atoms with Crippen LogP contribution in [0.2, 0.25) is 0 Å². The Morgan fingerprint density at radius 1 is 1.11 bits per heavy atom. The van der Waals surface area contributed by atoms with E-state index in [0.717, 1.165) is 12.1 Å². The average Bonchev–Trinajstić information content (AvgIpc) is 2.67. The molecule has 0 aliphatic rings. The minimum atomic E-state index is -1.10. The number of anilines is 1. The topological polar surface area (TPSA) is 73.9 Å². The summed E-state index contributed by atoms with van der Waals surface area (Å²) in [5, 5.41) is 2.29. The van der Waals surface area contributed by atoms with Crippen molar-refractivity contribution in [2.24, 2.45) is 0 Å². The molecular weight excluding hydrogens is 360 g/mol. The second-order valence-corrected chi connectivity index (χ2v) is 5.22. The number of ether oxygens (including phenoxy) is 3. The zero-order valence-electron chi connectivity index (χ0n) is 14.5. The van der Waals surface area contributed by atoms with Crippen LogP contribution >= 0.6 is 0 Å². The lowest BCUT2D eigenvalue weighted by molar-refractivity contribution is -0.119. The molecule has 0 aromatic heterocycles. The Bertz CT molecular complexity index is 854. The Hall–Kier alpha value is -3.42. The fourth-order valence-corrected chi connectivity index (χ4v) is 2.05. The number of benzene rings is 2. The van der Waals surface area contributed by atoms with Gasteiger partial charge in [0.2, 0.25) is 0 Å². The maximum Gasteiger partial charge on any atom is 0.338 e. The van der Waals surface area contributed by atoms with Gasteiger partial charge in [-0.2, -0.15) is 0 Å². The first-order chi connectivity index (χ1) is 12.9. The number of rotatable bonds is 8. The number of nitrogens with one attached hydrogen (secondary N) is 1. The molecule has 0 atom stereocenters. The molecule has 0 aliphatic heterocycles. The van der Waals surface area contributed by atoms with Crippen LogP contribution in [0.1, 0.15) is 10.4 Å². The van der Waals surface area contributed by atoms with Crippen LogP contribution in [0.15, 0.2) is 49.1 Å². The number of amides is 1. The van der Waals surface area contributed by atoms with E-state index < -0.39 is 30.1 Å². The highest BCUT2D eigenvalue weighted by Gasteiger charge is 2.14. The molecule has 6 nitrogen and oxygen atoms in total. The molecule has 0 spiro atoms. The van der Waals surface area contributed by atoms with Gasteiger partial charge < -0.3 is 19.5 Å². The molecule has 0 aliphatic carbocycles. The Balaban J connectivity index is 1.95. The predicted molar refractivity (Wildman–Crippen MR) is 94.0 cm³/mol. The summed E-state index contributed by atoms with van der Waals surface area (Å²) in [4.78, 5) is 23.9. The van der Waals surface area contributed by atoms with E-state index in [4.69, 9.17) is 14.2 Å². The molecular formula is C19H17F2NO5. The highest BCUT2D eigenvalue weighted by atomic mass is 19.2. The van der Waals surface area contributed by atoms with E-state index in [1.165, 1.54) is 31.4 Å². The molecule has 0 saturated carbocycles. The number of carbonyl (C=O) groups excluding carboxylic acids is 2. The summed E-state index contributed by atoms with van der Waals surface area (Å²) in [6.45, 7) is 3.21. The number of methoxy groups -OCH3 is 1. The van der Waals surface area contributed by atoms with Crippen LogP contribution < -0.4 is 14.8 Å². The van der Waals surface area contributed by atoms with Crippen LogP contribution in [0.5, 0.6) is 11.5 Å². The Morgan fingerprint density at radius 2 is 1.89 bits per heavy atom. The monoisotopic (exact) mass is 377 g/mol. The van der Waals surface area contributed by atoms with E-state index in [-0.39, 0.29) is 17.9 Å². The van der Waals surface area contributed by atoms with Crippen LogP contribution in [-0.4, -0.2) is 32.2 Å². The molecule has 2 aromatic rings. The third kappa shape index (κ3) is 5.53. The van der Waals surface area contributed by atoms with Crippen molar-refractivity contribution >= 4 is 17.6 Å². The third-order valence-electron chi connectivity index (χ3n) is 3.29. The molecule has 0 radical (unpaired) electrons. The van der Waals surface area contributed by atoms with Crippen molar-refractivity contribution in [3.63, 3.8) is 0 Å². The van der Waals surface area contributed by atoms with Crippen LogP contribution in [-0.2, 0) is 9.53 Å². The van der Waals surface area contributed by atoms with Gasteiger partial charge in [-0.05, 0) is 30.3 Å². The molecule has 0 heterocycles. The van der Waals surface area contributed by atoms with Crippen molar-refractivity contribution in [3.8, 4) is 11.5 Å². The molecule has 1 amide bonds. The lowest BCUT2D eigenvalue weighted by Crippen LogP contribution is -2.21. The molecule has 142 valence electrons. The van der Waals surface area contributed by atoms with Crippen LogP contribution in [0.25, 0.3) is 0 Å². The van der Waals surface area contributed by atoms with Crippen molar-refractivity contribution in [2.75, 3.05) is 25.6 Å². The highest BCUT2D eigenvalue weighted by molar-refractivity contribution is 5.95. The number of carbonyl (C=O) groups is 2. The summed E-state index contributed by atoms with van der Waals surface area (Å²) in [6.07, 6.45) is 1.56. The summed E-state index contributed by atoms with van der Waals surface area (Å²) in [5.41, 5.74) is 0.193. The van der Waals surface area contributed by atoms with Gasteiger partial charge in [-0.25, -0.2) is 13.6 Å². The fourth-order valence-electron chi connectivity index (χ4n) is 2.05. The quantitative estimate of drug-likeness (QED) is 0.564. The average molecular weight is 377 g/mol. The lowest BCUT2D eigenvalue weighted by Gasteiger charge is -2.11. The minimum absolute atomic E-state index is 0.0420.